The van der Waals surface area contributed by atoms with Crippen LogP contribution in [0.15, 0.2) is 37.1 Å². The summed E-state index contributed by atoms with van der Waals surface area (Å²) in [6.07, 6.45) is 1.70. The number of thioether (sulfide) groups is 1. The van der Waals surface area contributed by atoms with Gasteiger partial charge in [0.15, 0.2) is 15.6 Å². The molecule has 0 aliphatic heterocycles. The average molecular weight is 356 g/mol. The van der Waals surface area contributed by atoms with Gasteiger partial charge in [-0.15, -0.1) is 20.4 Å². The van der Waals surface area contributed by atoms with Gasteiger partial charge in [-0.3, -0.25) is 0 Å². The number of rotatable bonds is 5. The number of halogens is 1. The van der Waals surface area contributed by atoms with Crippen LogP contribution in [0, 0.1) is 0 Å². The lowest BCUT2D eigenvalue weighted by Gasteiger charge is -1.99. The second-order valence-electron chi connectivity index (χ2n) is 3.79. The van der Waals surface area contributed by atoms with Crippen molar-refractivity contribution in [3.8, 4) is 11.7 Å². The van der Waals surface area contributed by atoms with E-state index in [9.17, 15) is 0 Å². The van der Waals surface area contributed by atoms with Gasteiger partial charge in [-0.1, -0.05) is 11.8 Å². The largest absolute Gasteiger partial charge is 0.444 e. The Hall–Kier alpha value is -1.61. The van der Waals surface area contributed by atoms with Gasteiger partial charge in [-0.25, -0.2) is 0 Å². The number of nitrogens with zero attached hydrogens (tertiary/aromatic N) is 5. The lowest BCUT2D eigenvalue weighted by Crippen LogP contribution is -1.94. The normalized spacial score (nSPS) is 11.1. The Bertz CT molecular complexity index is 707. The van der Waals surface area contributed by atoms with Gasteiger partial charge >= 0.3 is 0 Å². The molecule has 0 N–H and O–H groups in total. The third kappa shape index (κ3) is 2.78. The van der Waals surface area contributed by atoms with E-state index in [2.05, 4.69) is 36.3 Å². The lowest BCUT2D eigenvalue weighted by molar-refractivity contribution is 0.486. The zero-order valence-electron chi connectivity index (χ0n) is 10.5. The minimum atomic E-state index is 0.364. The molecule has 3 rings (SSSR count). The fraction of sp³-hybridized carbons (Fsp3) is 0.273. The maximum Gasteiger partial charge on any atom is 0.283 e. The van der Waals surface area contributed by atoms with Crippen LogP contribution in [0.2, 0.25) is 0 Å². The van der Waals surface area contributed by atoms with Gasteiger partial charge in [0, 0.05) is 6.54 Å². The monoisotopic (exact) mass is 355 g/mol. The number of aromatic nitrogens is 5. The van der Waals surface area contributed by atoms with Crippen LogP contribution in [0.25, 0.3) is 11.7 Å². The first-order valence-electron chi connectivity index (χ1n) is 5.85. The molecule has 0 aromatic carbocycles. The predicted molar refractivity (Wildman–Crippen MR) is 75.0 cm³/mol. The van der Waals surface area contributed by atoms with E-state index in [1.54, 1.807) is 18.5 Å². The summed E-state index contributed by atoms with van der Waals surface area (Å²) in [5, 5.41) is 16.7. The summed E-state index contributed by atoms with van der Waals surface area (Å²) in [6.45, 7) is 2.86. The Morgan fingerprint density at radius 2 is 2.15 bits per heavy atom. The fourth-order valence-corrected chi connectivity index (χ4v) is 2.66. The van der Waals surface area contributed by atoms with Crippen LogP contribution in [0.4, 0.5) is 0 Å². The molecule has 0 aliphatic rings. The molecule has 0 amide bonds. The third-order valence-electron chi connectivity index (χ3n) is 2.50. The molecule has 0 saturated heterocycles. The van der Waals surface area contributed by atoms with Gasteiger partial charge in [0.05, 0.1) is 5.75 Å². The molecule has 0 saturated carbocycles. The Labute approximate surface area is 126 Å². The molecular weight excluding hydrogens is 346 g/mol. The summed E-state index contributed by atoms with van der Waals surface area (Å²) >= 11 is 4.73. The minimum absolute atomic E-state index is 0.364. The van der Waals surface area contributed by atoms with Crippen molar-refractivity contribution in [2.24, 2.45) is 0 Å². The summed E-state index contributed by atoms with van der Waals surface area (Å²) in [5.74, 6) is 1.96. The molecule has 9 heteroatoms. The van der Waals surface area contributed by atoms with Crippen molar-refractivity contribution < 1.29 is 8.83 Å². The molecule has 0 aliphatic carbocycles. The zero-order valence-corrected chi connectivity index (χ0v) is 12.9. The summed E-state index contributed by atoms with van der Waals surface area (Å²) in [5.41, 5.74) is 0. The third-order valence-corrected chi connectivity index (χ3v) is 3.89. The molecule has 3 aromatic rings. The van der Waals surface area contributed by atoms with Crippen LogP contribution >= 0.6 is 27.7 Å². The van der Waals surface area contributed by atoms with Gasteiger partial charge < -0.3 is 13.4 Å². The molecule has 3 aromatic heterocycles. The average Bonchev–Trinajstić information content (AvgIpc) is 3.16. The van der Waals surface area contributed by atoms with Gasteiger partial charge in [-0.2, -0.15) is 0 Å². The van der Waals surface area contributed by atoms with Crippen LogP contribution in [0.5, 0.6) is 0 Å². The van der Waals surface area contributed by atoms with E-state index in [0.717, 1.165) is 11.7 Å². The minimum Gasteiger partial charge on any atom is -0.444 e. The first-order chi connectivity index (χ1) is 9.76. The van der Waals surface area contributed by atoms with Gasteiger partial charge in [0.1, 0.15) is 6.33 Å². The number of hydrogen-bond donors (Lipinski definition) is 0. The van der Waals surface area contributed by atoms with Gasteiger partial charge in [0.25, 0.3) is 5.89 Å². The van der Waals surface area contributed by atoms with E-state index >= 15 is 0 Å². The molecule has 3 heterocycles. The quantitative estimate of drug-likeness (QED) is 0.650. The first-order valence-corrected chi connectivity index (χ1v) is 7.63. The van der Waals surface area contributed by atoms with Crippen molar-refractivity contribution in [2.75, 3.05) is 0 Å². The van der Waals surface area contributed by atoms with Crippen molar-refractivity contribution in [3.05, 3.63) is 29.0 Å². The maximum absolute atomic E-state index is 5.54. The summed E-state index contributed by atoms with van der Waals surface area (Å²) < 4.78 is 13.5. The summed E-state index contributed by atoms with van der Waals surface area (Å²) in [4.78, 5) is 0. The standard InChI is InChI=1S/C11H10BrN5O2S/c1-2-17-6-13-16-11(17)20-5-9-14-15-10(19-9)7-3-4-8(12)18-7/h3-4,6H,2,5H2,1H3. The summed E-state index contributed by atoms with van der Waals surface area (Å²) in [6, 6.07) is 3.54. The smallest absolute Gasteiger partial charge is 0.283 e. The van der Waals surface area contributed by atoms with E-state index < -0.39 is 0 Å². The van der Waals surface area contributed by atoms with Crippen molar-refractivity contribution >= 4 is 27.7 Å². The van der Waals surface area contributed by atoms with E-state index in [4.69, 9.17) is 8.83 Å². The molecule has 20 heavy (non-hydrogen) atoms. The second kappa shape index (κ2) is 5.80. The van der Waals surface area contributed by atoms with Crippen molar-refractivity contribution in [1.82, 2.24) is 25.0 Å². The highest BCUT2D eigenvalue weighted by atomic mass is 79.9. The Morgan fingerprint density at radius 3 is 2.90 bits per heavy atom. The second-order valence-corrected chi connectivity index (χ2v) is 5.52. The van der Waals surface area contributed by atoms with Crippen molar-refractivity contribution in [3.63, 3.8) is 0 Å². The van der Waals surface area contributed by atoms with Crippen LogP contribution in [-0.4, -0.2) is 25.0 Å². The SMILES string of the molecule is CCn1cnnc1SCc1nnc(-c2ccc(Br)o2)o1. The Kier molecular flexibility index (Phi) is 3.88. The van der Waals surface area contributed by atoms with E-state index in [0.29, 0.717) is 28.0 Å². The van der Waals surface area contributed by atoms with E-state index in [1.807, 2.05) is 11.5 Å². The first kappa shape index (κ1) is 13.4. The molecule has 0 unspecified atom stereocenters. The molecule has 104 valence electrons. The Morgan fingerprint density at radius 1 is 1.25 bits per heavy atom. The van der Waals surface area contributed by atoms with Gasteiger partial charge in [-0.05, 0) is 35.0 Å². The number of furan rings is 1. The number of aryl methyl sites for hydroxylation is 1. The van der Waals surface area contributed by atoms with Gasteiger partial charge in [0.2, 0.25) is 5.89 Å². The fourth-order valence-electron chi connectivity index (χ4n) is 1.54. The highest BCUT2D eigenvalue weighted by Gasteiger charge is 2.13. The molecule has 0 spiro atoms. The lowest BCUT2D eigenvalue weighted by atomic mass is 10.5. The molecule has 7 nitrogen and oxygen atoms in total. The van der Waals surface area contributed by atoms with Crippen LogP contribution < -0.4 is 0 Å². The van der Waals surface area contributed by atoms with Crippen LogP contribution in [0.1, 0.15) is 12.8 Å². The van der Waals surface area contributed by atoms with Crippen LogP contribution in [-0.2, 0) is 12.3 Å². The molecule has 0 fully saturated rings. The molecule has 0 radical (unpaired) electrons. The summed E-state index contributed by atoms with van der Waals surface area (Å²) in [7, 11) is 0. The molecule has 0 bridgehead atoms. The molecule has 0 atom stereocenters. The highest BCUT2D eigenvalue weighted by molar-refractivity contribution is 9.10. The van der Waals surface area contributed by atoms with Crippen molar-refractivity contribution in [1.29, 1.82) is 0 Å². The topological polar surface area (TPSA) is 82.8 Å². The van der Waals surface area contributed by atoms with Crippen LogP contribution in [0.3, 0.4) is 0 Å². The predicted octanol–water partition coefficient (Wildman–Crippen LogP) is 3.00. The number of hydrogen-bond acceptors (Lipinski definition) is 7. The highest BCUT2D eigenvalue weighted by Crippen LogP contribution is 2.26. The zero-order chi connectivity index (χ0) is 13.9. The molecular formula is C11H10BrN5O2S. The van der Waals surface area contributed by atoms with Crippen molar-refractivity contribution in [2.45, 2.75) is 24.4 Å². The van der Waals surface area contributed by atoms with E-state index in [1.165, 1.54) is 11.8 Å². The Balaban J connectivity index is 1.69. The van der Waals surface area contributed by atoms with E-state index in [-0.39, 0.29) is 0 Å². The maximum atomic E-state index is 5.54.